The number of ether oxygens (including phenoxy) is 3. The van der Waals surface area contributed by atoms with E-state index in [9.17, 15) is 35.7 Å². The maximum atomic E-state index is 10.6. The molecule has 3 aromatic rings. The Morgan fingerprint density at radius 3 is 2.05 bits per heavy atom. The van der Waals surface area contributed by atoms with Gasteiger partial charge in [-0.15, -0.1) is 11.3 Å². The van der Waals surface area contributed by atoms with E-state index in [2.05, 4.69) is 23.5 Å². The number of rotatable bonds is 7. The summed E-state index contributed by atoms with van der Waals surface area (Å²) in [6, 6.07) is 14.1. The molecule has 0 saturated carbocycles. The Labute approximate surface area is 253 Å². The lowest BCUT2D eigenvalue weighted by molar-refractivity contribution is -0.231. The van der Waals surface area contributed by atoms with Gasteiger partial charge in [0, 0.05) is 40.4 Å². The second-order valence-electron chi connectivity index (χ2n) is 10.7. The minimum atomic E-state index is -1.44. The number of hydrogen-bond donors (Lipinski definition) is 9. The normalized spacial score (nSPS) is 32.6. The highest BCUT2D eigenvalue weighted by Gasteiger charge is 2.45. The van der Waals surface area contributed by atoms with Gasteiger partial charge in [-0.05, 0) is 36.1 Å². The Morgan fingerprint density at radius 1 is 0.814 bits per heavy atom. The molecule has 238 valence electrons. The van der Waals surface area contributed by atoms with Crippen LogP contribution in [0, 0.1) is 0 Å². The molecule has 2 aromatic carbocycles. The Morgan fingerprint density at radius 2 is 1.44 bits per heavy atom. The Kier molecular flexibility index (Phi) is 11.4. The fourth-order valence-corrected chi connectivity index (χ4v) is 6.47. The quantitative estimate of drug-likeness (QED) is 0.170. The number of fused-ring (bicyclic) bond motifs is 1. The smallest absolute Gasteiger partial charge is 0.124 e. The minimum Gasteiger partial charge on any atom is -0.496 e. The Hall–Kier alpha value is -2.40. The summed E-state index contributed by atoms with van der Waals surface area (Å²) in [5.74, 6) is 0.690. The van der Waals surface area contributed by atoms with Gasteiger partial charge in [0.2, 0.25) is 0 Å². The molecule has 0 aliphatic carbocycles. The molecule has 0 amide bonds. The molecule has 12 nitrogen and oxygen atoms in total. The summed E-state index contributed by atoms with van der Waals surface area (Å²) in [6.07, 6.45) is -10.4. The second-order valence-corrected chi connectivity index (χ2v) is 11.9. The van der Waals surface area contributed by atoms with Gasteiger partial charge >= 0.3 is 0 Å². The molecule has 2 fully saturated rings. The lowest BCUT2D eigenvalue weighted by Crippen LogP contribution is -2.57. The number of nitrogens with one attached hydrogen (secondary N) is 1. The highest BCUT2D eigenvalue weighted by molar-refractivity contribution is 7.19. The van der Waals surface area contributed by atoms with Crippen molar-refractivity contribution in [3.8, 4) is 5.75 Å². The second kappa shape index (κ2) is 14.6. The zero-order valence-electron chi connectivity index (χ0n) is 24.1. The molecule has 0 bridgehead atoms. The zero-order valence-corrected chi connectivity index (χ0v) is 25.0. The van der Waals surface area contributed by atoms with Crippen LogP contribution >= 0.6 is 11.3 Å². The molecule has 3 heterocycles. The molecule has 5 rings (SSSR count). The van der Waals surface area contributed by atoms with Crippen molar-refractivity contribution < 1.29 is 55.1 Å². The summed E-state index contributed by atoms with van der Waals surface area (Å²) in [5, 5.41) is 81.2. The summed E-state index contributed by atoms with van der Waals surface area (Å²) in [5.41, 5.74) is 2.19. The minimum absolute atomic E-state index is 0.366. The molecule has 2 saturated heterocycles. The predicted molar refractivity (Wildman–Crippen MR) is 159 cm³/mol. The van der Waals surface area contributed by atoms with Crippen LogP contribution in [0.4, 0.5) is 5.69 Å². The molecule has 2 aliphatic heterocycles. The first-order valence-electron chi connectivity index (χ1n) is 14.0. The van der Waals surface area contributed by atoms with Gasteiger partial charge in [0.1, 0.15) is 60.7 Å². The molecule has 1 aromatic heterocycles. The molecule has 2 aliphatic rings. The molecule has 43 heavy (non-hydrogen) atoms. The number of anilines is 1. The predicted octanol–water partition coefficient (Wildman–Crippen LogP) is -0.0940. The summed E-state index contributed by atoms with van der Waals surface area (Å²) in [4.78, 5) is 1.16. The highest BCUT2D eigenvalue weighted by atomic mass is 32.1. The van der Waals surface area contributed by atoms with E-state index in [1.54, 1.807) is 32.4 Å². The van der Waals surface area contributed by atoms with Crippen LogP contribution in [0.1, 0.15) is 29.0 Å². The number of aliphatic hydroxyl groups excluding tert-OH is 8. The number of benzene rings is 2. The molecule has 0 radical (unpaired) electrons. The van der Waals surface area contributed by atoms with E-state index >= 15 is 0 Å². The van der Waals surface area contributed by atoms with Crippen LogP contribution in [0.2, 0.25) is 0 Å². The van der Waals surface area contributed by atoms with E-state index in [0.717, 1.165) is 10.4 Å². The number of methoxy groups -OCH3 is 1. The van der Waals surface area contributed by atoms with E-state index in [1.165, 1.54) is 10.1 Å². The van der Waals surface area contributed by atoms with Crippen LogP contribution < -0.4 is 10.1 Å². The SMILES string of the molecule is CNc1cc(OC)c(Cc2cc3ccccc3s2)cc1[C@@H]1O[C@H](CO)[C@@H](O)[C@H](O)[C@H]1O.C[C@@H]1O[C@H](CO)[C@@H](O)[C@H](O)[C@H]1O. The Bertz CT molecular complexity index is 1300. The van der Waals surface area contributed by atoms with Crippen LogP contribution in [0.5, 0.6) is 5.75 Å². The molecule has 9 N–H and O–H groups in total. The number of hydrogen-bond acceptors (Lipinski definition) is 13. The van der Waals surface area contributed by atoms with Crippen molar-refractivity contribution in [2.75, 3.05) is 32.7 Å². The first-order chi connectivity index (χ1) is 20.5. The monoisotopic (exact) mass is 623 g/mol. The van der Waals surface area contributed by atoms with Crippen LogP contribution in [-0.4, -0.2) is 123 Å². The van der Waals surface area contributed by atoms with Crippen LogP contribution in [0.15, 0.2) is 42.5 Å². The van der Waals surface area contributed by atoms with Gasteiger partial charge < -0.3 is 60.4 Å². The molecule has 0 spiro atoms. The fraction of sp³-hybridized carbons (Fsp3) is 0.533. The third-order valence-electron chi connectivity index (χ3n) is 7.89. The topological polar surface area (TPSA) is 202 Å². The van der Waals surface area contributed by atoms with E-state index in [0.29, 0.717) is 23.4 Å². The molecule has 0 unspecified atom stereocenters. The van der Waals surface area contributed by atoms with E-state index in [1.807, 2.05) is 24.3 Å². The van der Waals surface area contributed by atoms with Crippen molar-refractivity contribution in [2.24, 2.45) is 0 Å². The molecular formula is C30H41NO11S. The van der Waals surface area contributed by atoms with Crippen molar-refractivity contribution in [1.82, 2.24) is 0 Å². The van der Waals surface area contributed by atoms with Gasteiger partial charge in [0.15, 0.2) is 0 Å². The summed E-state index contributed by atoms with van der Waals surface area (Å²) < 4.78 is 17.6. The van der Waals surface area contributed by atoms with Gasteiger partial charge in [-0.1, -0.05) is 18.2 Å². The lowest BCUT2D eigenvalue weighted by atomic mass is 9.89. The first-order valence-corrected chi connectivity index (χ1v) is 14.8. The maximum absolute atomic E-state index is 10.6. The van der Waals surface area contributed by atoms with Crippen molar-refractivity contribution in [1.29, 1.82) is 0 Å². The fourth-order valence-electron chi connectivity index (χ4n) is 5.38. The lowest BCUT2D eigenvalue weighted by Gasteiger charge is -2.40. The van der Waals surface area contributed by atoms with Crippen molar-refractivity contribution in [2.45, 2.75) is 74.4 Å². The highest BCUT2D eigenvalue weighted by Crippen LogP contribution is 2.40. The molecule has 10 atom stereocenters. The van der Waals surface area contributed by atoms with E-state index in [-0.39, 0.29) is 6.61 Å². The van der Waals surface area contributed by atoms with Crippen molar-refractivity contribution >= 4 is 27.1 Å². The van der Waals surface area contributed by atoms with Gasteiger partial charge in [0.05, 0.1) is 26.4 Å². The summed E-state index contributed by atoms with van der Waals surface area (Å²) >= 11 is 1.71. The first kappa shape index (κ1) is 33.5. The summed E-state index contributed by atoms with van der Waals surface area (Å²) in [7, 11) is 3.35. The zero-order chi connectivity index (χ0) is 31.4. The Balaban J connectivity index is 0.000000296. The van der Waals surface area contributed by atoms with Crippen LogP contribution in [0.25, 0.3) is 10.1 Å². The van der Waals surface area contributed by atoms with E-state index < -0.39 is 67.6 Å². The maximum Gasteiger partial charge on any atom is 0.124 e. The third kappa shape index (κ3) is 7.13. The van der Waals surface area contributed by atoms with Gasteiger partial charge in [0.25, 0.3) is 0 Å². The third-order valence-corrected chi connectivity index (χ3v) is 9.01. The van der Waals surface area contributed by atoms with E-state index in [4.69, 9.17) is 19.3 Å². The van der Waals surface area contributed by atoms with Crippen LogP contribution in [0.3, 0.4) is 0 Å². The van der Waals surface area contributed by atoms with Crippen molar-refractivity contribution in [3.63, 3.8) is 0 Å². The average molecular weight is 624 g/mol. The van der Waals surface area contributed by atoms with Gasteiger partial charge in [-0.25, -0.2) is 0 Å². The standard InChI is InChI=1S/C23H27NO6S.C7H14O5/c1-24-16-10-17(29-2)13(8-14-7-12-5-3-4-6-19(12)31-14)9-15(16)23-22(28)21(27)20(26)18(11-25)30-23;1-3-5(9)7(11)6(10)4(2-8)12-3/h3-7,9-10,18,20-28H,8,11H2,1-2H3;3-11H,2H2,1H3/t18-,20-,21+,22-,23+;3-,4+,5-,6+,7+/m10/s1. The number of aliphatic hydroxyl groups is 8. The molecule has 13 heteroatoms. The molecular weight excluding hydrogens is 582 g/mol. The van der Waals surface area contributed by atoms with Gasteiger partial charge in [-0.2, -0.15) is 0 Å². The average Bonchev–Trinajstić information content (AvgIpc) is 3.43. The van der Waals surface area contributed by atoms with Crippen molar-refractivity contribution in [3.05, 3.63) is 58.5 Å². The summed E-state index contributed by atoms with van der Waals surface area (Å²) in [6.45, 7) is 0.735. The van der Waals surface area contributed by atoms with Crippen LogP contribution in [-0.2, 0) is 15.9 Å². The van der Waals surface area contributed by atoms with Gasteiger partial charge in [-0.3, -0.25) is 0 Å². The number of thiophene rings is 1. The largest absolute Gasteiger partial charge is 0.496 e.